The molecule has 64 heavy (non-hydrogen) atoms. The standard InChI is InChI=1S/C61H47N3/c1-62(54-38-30-50(31-39-54)46-22-26-48(27-23-46)52-34-42-60(43-35-52)63(56-14-6-2-7-15-56)57-16-8-3-9-17-57)55-40-32-51(33-41-55)47-24-28-49(29-25-47)53-36-44-61(45-37-53)64(58-18-10-4-11-19-58)59-20-12-5-13-21-59/h2-45H,1H3. The molecule has 10 aromatic carbocycles. The first kappa shape index (κ1) is 39.7. The van der Waals surface area contributed by atoms with Crippen molar-refractivity contribution in [2.24, 2.45) is 0 Å². The summed E-state index contributed by atoms with van der Waals surface area (Å²) >= 11 is 0. The highest BCUT2D eigenvalue weighted by atomic mass is 15.1. The molecule has 0 aliphatic heterocycles. The van der Waals surface area contributed by atoms with Crippen LogP contribution in [0.4, 0.5) is 45.5 Å². The maximum Gasteiger partial charge on any atom is 0.0462 e. The Morgan fingerprint density at radius 3 is 0.531 bits per heavy atom. The maximum absolute atomic E-state index is 2.29. The van der Waals surface area contributed by atoms with Crippen molar-refractivity contribution in [2.45, 2.75) is 0 Å². The second-order valence-corrected chi connectivity index (χ2v) is 15.9. The Morgan fingerprint density at radius 1 is 0.172 bits per heavy atom. The minimum Gasteiger partial charge on any atom is -0.345 e. The summed E-state index contributed by atoms with van der Waals surface area (Å²) in [5.41, 5.74) is 18.6. The van der Waals surface area contributed by atoms with Crippen LogP contribution < -0.4 is 14.7 Å². The maximum atomic E-state index is 2.29. The first-order valence-corrected chi connectivity index (χ1v) is 21.8. The summed E-state index contributed by atoms with van der Waals surface area (Å²) in [5.74, 6) is 0. The van der Waals surface area contributed by atoms with E-state index in [1.165, 1.54) is 44.5 Å². The van der Waals surface area contributed by atoms with E-state index in [1.807, 2.05) is 0 Å². The molecular weight excluding hydrogens is 775 g/mol. The predicted molar refractivity (Wildman–Crippen MR) is 272 cm³/mol. The first-order chi connectivity index (χ1) is 31.6. The van der Waals surface area contributed by atoms with Crippen molar-refractivity contribution in [3.8, 4) is 44.5 Å². The van der Waals surface area contributed by atoms with E-state index >= 15 is 0 Å². The van der Waals surface area contributed by atoms with E-state index < -0.39 is 0 Å². The van der Waals surface area contributed by atoms with Crippen molar-refractivity contribution in [1.29, 1.82) is 0 Å². The van der Waals surface area contributed by atoms with Gasteiger partial charge in [-0.15, -0.1) is 0 Å². The average molecular weight is 822 g/mol. The molecule has 0 heterocycles. The van der Waals surface area contributed by atoms with Crippen molar-refractivity contribution in [2.75, 3.05) is 21.7 Å². The van der Waals surface area contributed by atoms with Gasteiger partial charge in [-0.2, -0.15) is 0 Å². The summed E-state index contributed by atoms with van der Waals surface area (Å²) in [6, 6.07) is 95.1. The minimum atomic E-state index is 1.12. The van der Waals surface area contributed by atoms with Crippen molar-refractivity contribution in [1.82, 2.24) is 0 Å². The zero-order chi connectivity index (χ0) is 43.1. The van der Waals surface area contributed by atoms with Crippen molar-refractivity contribution in [3.63, 3.8) is 0 Å². The fraction of sp³-hybridized carbons (Fsp3) is 0.0164. The molecule has 0 saturated carbocycles. The zero-order valence-electron chi connectivity index (χ0n) is 35.7. The fourth-order valence-electron chi connectivity index (χ4n) is 8.42. The van der Waals surface area contributed by atoms with Gasteiger partial charge in [0.25, 0.3) is 0 Å². The van der Waals surface area contributed by atoms with Gasteiger partial charge in [-0.05, 0) is 142 Å². The van der Waals surface area contributed by atoms with Crippen molar-refractivity contribution < 1.29 is 0 Å². The molecule has 3 nitrogen and oxygen atoms in total. The molecule has 306 valence electrons. The summed E-state index contributed by atoms with van der Waals surface area (Å²) in [6.07, 6.45) is 0. The van der Waals surface area contributed by atoms with Crippen LogP contribution in [0.15, 0.2) is 267 Å². The van der Waals surface area contributed by atoms with Crippen LogP contribution in [-0.2, 0) is 0 Å². The quantitative estimate of drug-likeness (QED) is 0.122. The monoisotopic (exact) mass is 821 g/mol. The lowest BCUT2D eigenvalue weighted by Crippen LogP contribution is -2.09. The van der Waals surface area contributed by atoms with Crippen LogP contribution in [-0.4, -0.2) is 7.05 Å². The SMILES string of the molecule is CN(c1ccc(-c2ccc(-c3ccc(N(c4ccccc4)c4ccccc4)cc3)cc2)cc1)c1ccc(-c2ccc(-c3ccc(N(c4ccccc4)c4ccccc4)cc3)cc2)cc1. The molecular formula is C61H47N3. The Bertz CT molecular complexity index is 2730. The largest absolute Gasteiger partial charge is 0.345 e. The highest BCUT2D eigenvalue weighted by Crippen LogP contribution is 2.38. The minimum absolute atomic E-state index is 1.12. The molecule has 0 fully saturated rings. The third-order valence-corrected chi connectivity index (χ3v) is 11.9. The number of hydrogen-bond acceptors (Lipinski definition) is 3. The first-order valence-electron chi connectivity index (χ1n) is 21.8. The van der Waals surface area contributed by atoms with Gasteiger partial charge in [0, 0.05) is 52.5 Å². The van der Waals surface area contributed by atoms with E-state index in [1.54, 1.807) is 0 Å². The van der Waals surface area contributed by atoms with Crippen LogP contribution in [0.1, 0.15) is 0 Å². The summed E-state index contributed by atoms with van der Waals surface area (Å²) in [4.78, 5) is 6.81. The molecule has 0 N–H and O–H groups in total. The molecule has 3 heteroatoms. The van der Waals surface area contributed by atoms with Gasteiger partial charge in [-0.1, -0.05) is 170 Å². The summed E-state index contributed by atoms with van der Waals surface area (Å²) < 4.78 is 0. The van der Waals surface area contributed by atoms with E-state index in [-0.39, 0.29) is 0 Å². The second-order valence-electron chi connectivity index (χ2n) is 15.9. The number of nitrogens with zero attached hydrogens (tertiary/aromatic N) is 3. The number of benzene rings is 10. The van der Waals surface area contributed by atoms with Gasteiger partial charge in [0.2, 0.25) is 0 Å². The Morgan fingerprint density at radius 2 is 0.328 bits per heavy atom. The molecule has 0 unspecified atom stereocenters. The van der Waals surface area contributed by atoms with Crippen LogP contribution in [0.5, 0.6) is 0 Å². The van der Waals surface area contributed by atoms with Crippen molar-refractivity contribution in [3.05, 3.63) is 267 Å². The van der Waals surface area contributed by atoms with Crippen LogP contribution >= 0.6 is 0 Å². The lowest BCUT2D eigenvalue weighted by molar-refractivity contribution is 1.21. The summed E-state index contributed by atoms with van der Waals surface area (Å²) in [6.45, 7) is 0. The Hall–Kier alpha value is -8.40. The Kier molecular flexibility index (Phi) is 11.4. The molecule has 0 aliphatic rings. The highest BCUT2D eigenvalue weighted by Gasteiger charge is 2.14. The van der Waals surface area contributed by atoms with Gasteiger partial charge in [0.1, 0.15) is 0 Å². The van der Waals surface area contributed by atoms with E-state index in [0.717, 1.165) is 45.5 Å². The van der Waals surface area contributed by atoms with Gasteiger partial charge in [-0.3, -0.25) is 0 Å². The van der Waals surface area contributed by atoms with Gasteiger partial charge in [0.05, 0.1) is 0 Å². The van der Waals surface area contributed by atoms with Gasteiger partial charge in [-0.25, -0.2) is 0 Å². The predicted octanol–water partition coefficient (Wildman–Crippen LogP) is 17.1. The fourth-order valence-corrected chi connectivity index (χ4v) is 8.42. The molecule has 0 amide bonds. The van der Waals surface area contributed by atoms with E-state index in [2.05, 4.69) is 289 Å². The smallest absolute Gasteiger partial charge is 0.0462 e. The van der Waals surface area contributed by atoms with E-state index in [4.69, 9.17) is 0 Å². The van der Waals surface area contributed by atoms with Gasteiger partial charge in [0.15, 0.2) is 0 Å². The normalized spacial score (nSPS) is 10.9. The molecule has 0 radical (unpaired) electrons. The van der Waals surface area contributed by atoms with Crippen LogP contribution in [0.2, 0.25) is 0 Å². The third-order valence-electron chi connectivity index (χ3n) is 11.9. The van der Waals surface area contributed by atoms with Gasteiger partial charge >= 0.3 is 0 Å². The average Bonchev–Trinajstić information content (AvgIpc) is 3.38. The molecule has 0 saturated heterocycles. The second kappa shape index (κ2) is 18.3. The lowest BCUT2D eigenvalue weighted by Gasteiger charge is -2.25. The van der Waals surface area contributed by atoms with Crippen molar-refractivity contribution >= 4 is 45.5 Å². The Labute approximate surface area is 377 Å². The number of anilines is 8. The van der Waals surface area contributed by atoms with Crippen LogP contribution in [0, 0.1) is 0 Å². The third kappa shape index (κ3) is 8.56. The molecule has 0 aromatic heterocycles. The molecule has 10 aromatic rings. The number of para-hydroxylation sites is 4. The van der Waals surface area contributed by atoms with E-state index in [0.29, 0.717) is 0 Å². The zero-order valence-corrected chi connectivity index (χ0v) is 35.7. The molecule has 0 atom stereocenters. The Balaban J connectivity index is 0.781. The molecule has 10 rings (SSSR count). The highest BCUT2D eigenvalue weighted by molar-refractivity contribution is 5.81. The number of hydrogen-bond donors (Lipinski definition) is 0. The van der Waals surface area contributed by atoms with E-state index in [9.17, 15) is 0 Å². The van der Waals surface area contributed by atoms with Crippen LogP contribution in [0.25, 0.3) is 44.5 Å². The summed E-state index contributed by atoms with van der Waals surface area (Å²) in [5, 5.41) is 0. The molecule has 0 spiro atoms. The lowest BCUT2D eigenvalue weighted by atomic mass is 9.99. The summed E-state index contributed by atoms with van der Waals surface area (Å²) in [7, 11) is 2.13. The topological polar surface area (TPSA) is 9.72 Å². The number of rotatable bonds is 12. The molecule has 0 aliphatic carbocycles. The molecule has 0 bridgehead atoms. The van der Waals surface area contributed by atoms with Gasteiger partial charge < -0.3 is 14.7 Å². The van der Waals surface area contributed by atoms with Crippen LogP contribution in [0.3, 0.4) is 0 Å².